The van der Waals surface area contributed by atoms with E-state index >= 15 is 0 Å². The molecule has 0 aliphatic carbocycles. The molecule has 0 spiro atoms. The minimum absolute atomic E-state index is 0.130. The molecule has 4 nitrogen and oxygen atoms in total. The molecule has 0 radical (unpaired) electrons. The van der Waals surface area contributed by atoms with Crippen LogP contribution in [0.5, 0.6) is 0 Å². The van der Waals surface area contributed by atoms with Gasteiger partial charge in [0.05, 0.1) is 5.75 Å². The smallest absolute Gasteiger partial charge is 0.208 e. The van der Waals surface area contributed by atoms with Crippen molar-refractivity contribution < 1.29 is 4.79 Å². The van der Waals surface area contributed by atoms with Crippen LogP contribution in [-0.2, 0) is 0 Å². The Hall–Kier alpha value is -1.62. The number of aromatic nitrogens is 3. The molecule has 0 saturated heterocycles. The molecule has 5 heteroatoms. The summed E-state index contributed by atoms with van der Waals surface area (Å²) < 4.78 is 0. The minimum atomic E-state index is 0.130. The maximum absolute atomic E-state index is 12.4. The third-order valence-corrected chi connectivity index (χ3v) is 4.16. The standard InChI is InChI=1S/C16H21N3OS/c1-9(2)15-17-16(19-18-15)21-8-13(20)14-11(4)6-10(3)7-12(14)5/h6-7,9H,8H2,1-5H3,(H,17,18,19). The van der Waals surface area contributed by atoms with Crippen LogP contribution in [0.15, 0.2) is 17.3 Å². The number of nitrogens with zero attached hydrogens (tertiary/aromatic N) is 2. The van der Waals surface area contributed by atoms with Gasteiger partial charge in [-0.05, 0) is 31.9 Å². The topological polar surface area (TPSA) is 58.6 Å². The van der Waals surface area contributed by atoms with Crippen molar-refractivity contribution in [3.63, 3.8) is 0 Å². The fourth-order valence-corrected chi connectivity index (χ4v) is 3.08. The van der Waals surface area contributed by atoms with Gasteiger partial charge in [0.15, 0.2) is 5.78 Å². The van der Waals surface area contributed by atoms with E-state index in [0.717, 1.165) is 22.5 Å². The molecule has 0 atom stereocenters. The van der Waals surface area contributed by atoms with Crippen molar-refractivity contribution in [1.29, 1.82) is 0 Å². The molecule has 0 fully saturated rings. The maximum atomic E-state index is 12.4. The van der Waals surface area contributed by atoms with Gasteiger partial charge in [0.25, 0.3) is 0 Å². The number of hydrogen-bond donors (Lipinski definition) is 1. The zero-order chi connectivity index (χ0) is 15.6. The Morgan fingerprint density at radius 3 is 2.38 bits per heavy atom. The highest BCUT2D eigenvalue weighted by molar-refractivity contribution is 7.99. The number of benzene rings is 1. The zero-order valence-corrected chi connectivity index (χ0v) is 14.0. The van der Waals surface area contributed by atoms with Crippen LogP contribution >= 0.6 is 11.8 Å². The molecule has 1 heterocycles. The van der Waals surface area contributed by atoms with E-state index in [-0.39, 0.29) is 5.78 Å². The predicted octanol–water partition coefficient (Wildman–Crippen LogP) is 3.83. The Morgan fingerprint density at radius 1 is 1.24 bits per heavy atom. The van der Waals surface area contributed by atoms with Gasteiger partial charge in [-0.15, -0.1) is 5.10 Å². The van der Waals surface area contributed by atoms with Crippen LogP contribution in [0.2, 0.25) is 0 Å². The normalized spacial score (nSPS) is 11.1. The summed E-state index contributed by atoms with van der Waals surface area (Å²) >= 11 is 1.38. The van der Waals surface area contributed by atoms with E-state index in [1.165, 1.54) is 17.3 Å². The lowest BCUT2D eigenvalue weighted by molar-refractivity contribution is 0.102. The van der Waals surface area contributed by atoms with Crippen molar-refractivity contribution in [2.45, 2.75) is 45.7 Å². The highest BCUT2D eigenvalue weighted by Gasteiger charge is 2.15. The molecule has 0 saturated carbocycles. The summed E-state index contributed by atoms with van der Waals surface area (Å²) in [6.45, 7) is 10.1. The molecule has 1 aromatic heterocycles. The molecule has 0 aliphatic heterocycles. The number of hydrogen-bond acceptors (Lipinski definition) is 4. The molecule has 2 aromatic rings. The van der Waals surface area contributed by atoms with Crippen LogP contribution in [0.1, 0.15) is 52.6 Å². The Balaban J connectivity index is 2.08. The lowest BCUT2D eigenvalue weighted by Crippen LogP contribution is -2.08. The second kappa shape index (κ2) is 6.43. The maximum Gasteiger partial charge on any atom is 0.208 e. The summed E-state index contributed by atoms with van der Waals surface area (Å²) in [4.78, 5) is 16.8. The number of carbonyl (C=O) groups is 1. The molecule has 112 valence electrons. The Kier molecular flexibility index (Phi) is 4.83. The SMILES string of the molecule is Cc1cc(C)c(C(=O)CSc2n[nH]c(C(C)C)n2)c(C)c1. The summed E-state index contributed by atoms with van der Waals surface area (Å²) in [6, 6.07) is 4.10. The Labute approximate surface area is 129 Å². The fraction of sp³-hybridized carbons (Fsp3) is 0.438. The average molecular weight is 303 g/mol. The number of Topliss-reactive ketones (excluding diaryl/α,β-unsaturated/α-hetero) is 1. The van der Waals surface area contributed by atoms with Crippen LogP contribution in [0.4, 0.5) is 0 Å². The van der Waals surface area contributed by atoms with Gasteiger partial charge in [-0.2, -0.15) is 0 Å². The van der Waals surface area contributed by atoms with Crippen molar-refractivity contribution in [3.8, 4) is 0 Å². The number of nitrogens with one attached hydrogen (secondary N) is 1. The van der Waals surface area contributed by atoms with E-state index in [2.05, 4.69) is 41.2 Å². The molecule has 0 amide bonds. The number of ketones is 1. The van der Waals surface area contributed by atoms with Crippen molar-refractivity contribution in [2.75, 3.05) is 5.75 Å². The lowest BCUT2D eigenvalue weighted by Gasteiger charge is -2.09. The highest BCUT2D eigenvalue weighted by atomic mass is 32.2. The van der Waals surface area contributed by atoms with Crippen LogP contribution in [0.25, 0.3) is 0 Å². The molecular formula is C16H21N3OS. The molecule has 1 N–H and O–H groups in total. The van der Waals surface area contributed by atoms with Gasteiger partial charge < -0.3 is 0 Å². The van der Waals surface area contributed by atoms with E-state index < -0.39 is 0 Å². The van der Waals surface area contributed by atoms with Gasteiger partial charge in [-0.3, -0.25) is 9.89 Å². The number of H-pyrrole nitrogens is 1. The quantitative estimate of drug-likeness (QED) is 0.673. The highest BCUT2D eigenvalue weighted by Crippen LogP contribution is 2.21. The number of aromatic amines is 1. The first-order valence-corrected chi connectivity index (χ1v) is 8.03. The van der Waals surface area contributed by atoms with Gasteiger partial charge in [0.2, 0.25) is 5.16 Å². The fourth-order valence-electron chi connectivity index (χ4n) is 2.40. The molecule has 0 bridgehead atoms. The number of carbonyl (C=O) groups excluding carboxylic acids is 1. The number of thioether (sulfide) groups is 1. The lowest BCUT2D eigenvalue weighted by atomic mass is 9.97. The van der Waals surface area contributed by atoms with E-state index in [9.17, 15) is 4.79 Å². The third kappa shape index (κ3) is 3.73. The second-order valence-corrected chi connectivity index (χ2v) is 6.59. The van der Waals surface area contributed by atoms with Crippen LogP contribution in [0.3, 0.4) is 0 Å². The monoisotopic (exact) mass is 303 g/mol. The van der Waals surface area contributed by atoms with Crippen LogP contribution < -0.4 is 0 Å². The average Bonchev–Trinajstić information content (AvgIpc) is 2.84. The summed E-state index contributed by atoms with van der Waals surface area (Å²) in [5.74, 6) is 1.66. The van der Waals surface area contributed by atoms with Crippen LogP contribution in [-0.4, -0.2) is 26.7 Å². The third-order valence-electron chi connectivity index (χ3n) is 3.32. The first-order valence-electron chi connectivity index (χ1n) is 7.04. The van der Waals surface area contributed by atoms with Crippen molar-refractivity contribution in [3.05, 3.63) is 40.2 Å². The summed E-state index contributed by atoms with van der Waals surface area (Å²) in [5, 5.41) is 7.68. The van der Waals surface area contributed by atoms with Gasteiger partial charge in [-0.1, -0.05) is 43.3 Å². The first kappa shape index (κ1) is 15.8. The molecule has 0 unspecified atom stereocenters. The number of aryl methyl sites for hydroxylation is 3. The van der Waals surface area contributed by atoms with Crippen molar-refractivity contribution in [2.24, 2.45) is 0 Å². The summed E-state index contributed by atoms with van der Waals surface area (Å²) in [6.07, 6.45) is 0. The van der Waals surface area contributed by atoms with Gasteiger partial charge >= 0.3 is 0 Å². The predicted molar refractivity (Wildman–Crippen MR) is 86.2 cm³/mol. The van der Waals surface area contributed by atoms with E-state index in [4.69, 9.17) is 0 Å². The van der Waals surface area contributed by atoms with E-state index in [1.807, 2.05) is 20.8 Å². The minimum Gasteiger partial charge on any atom is -0.293 e. The summed E-state index contributed by atoms with van der Waals surface area (Å²) in [7, 11) is 0. The molecule has 0 aliphatic rings. The number of rotatable bonds is 5. The Bertz CT molecular complexity index is 638. The van der Waals surface area contributed by atoms with E-state index in [0.29, 0.717) is 16.8 Å². The van der Waals surface area contributed by atoms with Crippen LogP contribution in [0, 0.1) is 20.8 Å². The van der Waals surface area contributed by atoms with Gasteiger partial charge in [0.1, 0.15) is 5.82 Å². The Morgan fingerprint density at radius 2 is 1.86 bits per heavy atom. The largest absolute Gasteiger partial charge is 0.293 e. The summed E-state index contributed by atoms with van der Waals surface area (Å²) in [5.41, 5.74) is 4.09. The van der Waals surface area contributed by atoms with E-state index in [1.54, 1.807) is 0 Å². The first-order chi connectivity index (χ1) is 9.88. The molecule has 2 rings (SSSR count). The van der Waals surface area contributed by atoms with Crippen molar-refractivity contribution >= 4 is 17.5 Å². The van der Waals surface area contributed by atoms with Crippen molar-refractivity contribution in [1.82, 2.24) is 15.2 Å². The zero-order valence-electron chi connectivity index (χ0n) is 13.2. The van der Waals surface area contributed by atoms with Gasteiger partial charge in [0, 0.05) is 11.5 Å². The molecule has 1 aromatic carbocycles. The van der Waals surface area contributed by atoms with Gasteiger partial charge in [-0.25, -0.2) is 4.98 Å². The molecule has 21 heavy (non-hydrogen) atoms. The second-order valence-electron chi connectivity index (χ2n) is 5.64. The molecular weight excluding hydrogens is 282 g/mol.